The standard InChI is InChI=1S/C9H22N.ClH/c1-5-6-7-8-9-10(2,3)4;/h5-9H2,1-4H3;1H/q+1;/p-1. The SMILES string of the molecule is CCCCCC[N+](C)(C)C.[Cl-]. The van der Waals surface area contributed by atoms with Crippen LogP contribution >= 0.6 is 0 Å². The van der Waals surface area contributed by atoms with E-state index in [4.69, 9.17) is 0 Å². The van der Waals surface area contributed by atoms with Gasteiger partial charge < -0.3 is 16.9 Å². The number of hydrogen-bond donors (Lipinski definition) is 0. The van der Waals surface area contributed by atoms with Crippen LogP contribution in [0.3, 0.4) is 0 Å². The highest BCUT2D eigenvalue weighted by Crippen LogP contribution is 2.01. The Hall–Kier alpha value is 0.250. The molecule has 0 bridgehead atoms. The Balaban J connectivity index is 0. The quantitative estimate of drug-likeness (QED) is 0.386. The summed E-state index contributed by atoms with van der Waals surface area (Å²) >= 11 is 0. The lowest BCUT2D eigenvalue weighted by atomic mass is 10.2. The van der Waals surface area contributed by atoms with Crippen LogP contribution in [0.1, 0.15) is 32.6 Å². The molecule has 0 aromatic rings. The molecule has 0 aromatic heterocycles. The molecule has 0 rings (SSSR count). The summed E-state index contributed by atoms with van der Waals surface area (Å²) in [5.74, 6) is 0. The Morgan fingerprint density at radius 2 is 1.45 bits per heavy atom. The van der Waals surface area contributed by atoms with Crippen molar-refractivity contribution >= 4 is 0 Å². The van der Waals surface area contributed by atoms with Crippen LogP contribution in [0.2, 0.25) is 0 Å². The Kier molecular flexibility index (Phi) is 8.70. The molecule has 0 amide bonds. The summed E-state index contributed by atoms with van der Waals surface area (Å²) < 4.78 is 1.11. The minimum absolute atomic E-state index is 0. The van der Waals surface area contributed by atoms with Gasteiger partial charge in [-0.15, -0.1) is 0 Å². The molecule has 0 N–H and O–H groups in total. The van der Waals surface area contributed by atoms with E-state index >= 15 is 0 Å². The van der Waals surface area contributed by atoms with Gasteiger partial charge in [-0.2, -0.15) is 0 Å². The minimum Gasteiger partial charge on any atom is -1.00 e. The zero-order valence-corrected chi connectivity index (χ0v) is 9.12. The van der Waals surface area contributed by atoms with Gasteiger partial charge in [0.25, 0.3) is 0 Å². The van der Waals surface area contributed by atoms with Crippen LogP contribution in [-0.2, 0) is 0 Å². The van der Waals surface area contributed by atoms with Gasteiger partial charge in [0, 0.05) is 0 Å². The molecule has 0 spiro atoms. The lowest BCUT2D eigenvalue weighted by Crippen LogP contribution is -3.00. The summed E-state index contributed by atoms with van der Waals surface area (Å²) in [4.78, 5) is 0. The van der Waals surface area contributed by atoms with Gasteiger partial charge in [-0.3, -0.25) is 0 Å². The van der Waals surface area contributed by atoms with Crippen molar-refractivity contribution in [1.29, 1.82) is 0 Å². The van der Waals surface area contributed by atoms with Crippen molar-refractivity contribution < 1.29 is 16.9 Å². The summed E-state index contributed by atoms with van der Waals surface area (Å²) in [6, 6.07) is 0. The van der Waals surface area contributed by atoms with E-state index in [1.165, 1.54) is 32.2 Å². The highest BCUT2D eigenvalue weighted by atomic mass is 35.5. The number of unbranched alkanes of at least 4 members (excludes halogenated alkanes) is 3. The zero-order valence-electron chi connectivity index (χ0n) is 8.36. The highest BCUT2D eigenvalue weighted by Gasteiger charge is 2.04. The summed E-state index contributed by atoms with van der Waals surface area (Å²) in [5, 5.41) is 0. The normalized spacial score (nSPS) is 10.9. The Labute approximate surface area is 77.8 Å². The molecule has 1 nitrogen and oxygen atoms in total. The van der Waals surface area contributed by atoms with Gasteiger partial charge in [0.05, 0.1) is 27.7 Å². The number of quaternary nitrogens is 1. The molecule has 0 aliphatic rings. The van der Waals surface area contributed by atoms with Gasteiger partial charge in [0.15, 0.2) is 0 Å². The molecule has 0 radical (unpaired) electrons. The first kappa shape index (κ1) is 13.8. The van der Waals surface area contributed by atoms with Gasteiger partial charge in [-0.25, -0.2) is 0 Å². The average Bonchev–Trinajstić information content (AvgIpc) is 1.78. The topological polar surface area (TPSA) is 0 Å². The van der Waals surface area contributed by atoms with E-state index in [0.29, 0.717) is 0 Å². The fourth-order valence-corrected chi connectivity index (χ4v) is 1.01. The van der Waals surface area contributed by atoms with E-state index in [1.807, 2.05) is 0 Å². The van der Waals surface area contributed by atoms with Crippen molar-refractivity contribution in [3.63, 3.8) is 0 Å². The van der Waals surface area contributed by atoms with Gasteiger partial charge in [0.1, 0.15) is 0 Å². The molecule has 11 heavy (non-hydrogen) atoms. The van der Waals surface area contributed by atoms with E-state index in [0.717, 1.165) is 4.48 Å². The average molecular weight is 180 g/mol. The molecule has 0 saturated heterocycles. The third-order valence-corrected chi connectivity index (χ3v) is 1.68. The van der Waals surface area contributed by atoms with E-state index in [9.17, 15) is 0 Å². The number of nitrogens with zero attached hydrogens (tertiary/aromatic N) is 1. The van der Waals surface area contributed by atoms with E-state index < -0.39 is 0 Å². The first-order valence-corrected chi connectivity index (χ1v) is 4.36. The van der Waals surface area contributed by atoms with Crippen LogP contribution in [0.4, 0.5) is 0 Å². The smallest absolute Gasteiger partial charge is 0.0780 e. The molecule has 0 unspecified atom stereocenters. The fraction of sp³-hybridized carbons (Fsp3) is 1.00. The second-order valence-corrected chi connectivity index (χ2v) is 4.07. The minimum atomic E-state index is 0. The highest BCUT2D eigenvalue weighted by molar-refractivity contribution is 4.38. The number of halogens is 1. The largest absolute Gasteiger partial charge is 1.00 e. The third kappa shape index (κ3) is 13.3. The van der Waals surface area contributed by atoms with Crippen molar-refractivity contribution in [2.45, 2.75) is 32.6 Å². The summed E-state index contributed by atoms with van der Waals surface area (Å²) in [7, 11) is 6.77. The van der Waals surface area contributed by atoms with E-state index in [-0.39, 0.29) is 12.4 Å². The fourth-order valence-electron chi connectivity index (χ4n) is 1.01. The maximum Gasteiger partial charge on any atom is 0.0780 e. The molecule has 0 aliphatic carbocycles. The van der Waals surface area contributed by atoms with E-state index in [1.54, 1.807) is 0 Å². The summed E-state index contributed by atoms with van der Waals surface area (Å²) in [6.07, 6.45) is 5.54. The van der Waals surface area contributed by atoms with Crippen LogP contribution in [0.15, 0.2) is 0 Å². The van der Waals surface area contributed by atoms with Crippen LogP contribution in [0.5, 0.6) is 0 Å². The van der Waals surface area contributed by atoms with Crippen LogP contribution in [0, 0.1) is 0 Å². The molecule has 0 aliphatic heterocycles. The van der Waals surface area contributed by atoms with Crippen molar-refractivity contribution in [3.05, 3.63) is 0 Å². The van der Waals surface area contributed by atoms with Gasteiger partial charge in [0.2, 0.25) is 0 Å². The Morgan fingerprint density at radius 1 is 0.909 bits per heavy atom. The maximum atomic E-state index is 2.26. The van der Waals surface area contributed by atoms with Crippen molar-refractivity contribution in [2.24, 2.45) is 0 Å². The molecule has 70 valence electrons. The Bertz CT molecular complexity index is 76.1. The first-order chi connectivity index (χ1) is 4.56. The third-order valence-electron chi connectivity index (χ3n) is 1.68. The number of hydrogen-bond acceptors (Lipinski definition) is 0. The van der Waals surface area contributed by atoms with Crippen LogP contribution < -0.4 is 12.4 Å². The lowest BCUT2D eigenvalue weighted by Gasteiger charge is -2.23. The van der Waals surface area contributed by atoms with Crippen molar-refractivity contribution in [1.82, 2.24) is 0 Å². The molecule has 2 heteroatoms. The molecule has 0 fully saturated rings. The number of rotatable bonds is 5. The molecule has 0 saturated carbocycles. The van der Waals surface area contributed by atoms with Gasteiger partial charge >= 0.3 is 0 Å². The summed E-state index contributed by atoms with van der Waals surface area (Å²) in [6.45, 7) is 3.58. The molecular formula is C9H22ClN. The second-order valence-electron chi connectivity index (χ2n) is 4.07. The lowest BCUT2D eigenvalue weighted by molar-refractivity contribution is -0.870. The van der Waals surface area contributed by atoms with Crippen LogP contribution in [0.25, 0.3) is 0 Å². The molecule has 0 aromatic carbocycles. The van der Waals surface area contributed by atoms with Gasteiger partial charge in [-0.05, 0) is 12.8 Å². The van der Waals surface area contributed by atoms with Crippen molar-refractivity contribution in [3.8, 4) is 0 Å². The van der Waals surface area contributed by atoms with E-state index in [2.05, 4.69) is 28.1 Å². The predicted octanol–water partition coefficient (Wildman–Crippen LogP) is -0.723. The maximum absolute atomic E-state index is 2.26. The zero-order chi connectivity index (χ0) is 8.04. The molecular weight excluding hydrogens is 158 g/mol. The van der Waals surface area contributed by atoms with Crippen molar-refractivity contribution in [2.75, 3.05) is 27.7 Å². The van der Waals surface area contributed by atoms with Gasteiger partial charge in [-0.1, -0.05) is 19.8 Å². The first-order valence-electron chi connectivity index (χ1n) is 4.36. The molecule has 0 atom stereocenters. The van der Waals surface area contributed by atoms with Crippen LogP contribution in [-0.4, -0.2) is 32.2 Å². The predicted molar refractivity (Wildman–Crippen MR) is 47.0 cm³/mol. The summed E-state index contributed by atoms with van der Waals surface area (Å²) in [5.41, 5.74) is 0. The molecule has 0 heterocycles. The monoisotopic (exact) mass is 179 g/mol. The Morgan fingerprint density at radius 3 is 1.82 bits per heavy atom. The second kappa shape index (κ2) is 6.93.